The van der Waals surface area contributed by atoms with Crippen molar-refractivity contribution >= 4 is 23.1 Å². The summed E-state index contributed by atoms with van der Waals surface area (Å²) >= 11 is 3.98. The first-order chi connectivity index (χ1) is 8.36. The zero-order valence-electron chi connectivity index (χ0n) is 10.7. The van der Waals surface area contributed by atoms with E-state index in [1.54, 1.807) is 0 Å². The average molecular weight is 269 g/mol. The predicted molar refractivity (Wildman–Crippen MR) is 80.0 cm³/mol. The van der Waals surface area contributed by atoms with E-state index >= 15 is 0 Å². The summed E-state index contributed by atoms with van der Waals surface area (Å²) in [5.41, 5.74) is 0. The Balaban J connectivity index is 1.51. The summed E-state index contributed by atoms with van der Waals surface area (Å²) in [4.78, 5) is 1.45. The molecule has 0 bridgehead atoms. The van der Waals surface area contributed by atoms with Gasteiger partial charge in [-0.15, -0.1) is 11.3 Å². The second-order valence-electron chi connectivity index (χ2n) is 4.92. The lowest BCUT2D eigenvalue weighted by Gasteiger charge is -2.12. The molecule has 0 saturated heterocycles. The quantitative estimate of drug-likeness (QED) is 0.740. The van der Waals surface area contributed by atoms with Crippen LogP contribution in [0.3, 0.4) is 0 Å². The van der Waals surface area contributed by atoms with Gasteiger partial charge in [-0.2, -0.15) is 11.8 Å². The monoisotopic (exact) mass is 269 g/mol. The molecule has 1 fully saturated rings. The van der Waals surface area contributed by atoms with Gasteiger partial charge in [0, 0.05) is 23.2 Å². The largest absolute Gasteiger partial charge is 0.309 e. The van der Waals surface area contributed by atoms with Gasteiger partial charge in [-0.25, -0.2) is 0 Å². The maximum absolute atomic E-state index is 3.60. The highest BCUT2D eigenvalue weighted by Crippen LogP contribution is 2.27. The molecule has 3 heteroatoms. The van der Waals surface area contributed by atoms with Crippen LogP contribution >= 0.6 is 23.1 Å². The molecule has 1 N–H and O–H groups in total. The van der Waals surface area contributed by atoms with Gasteiger partial charge in [0.25, 0.3) is 0 Å². The third-order valence-electron chi connectivity index (χ3n) is 3.50. The zero-order valence-corrected chi connectivity index (χ0v) is 12.3. The maximum atomic E-state index is 3.60. The molecule has 1 atom stereocenters. The summed E-state index contributed by atoms with van der Waals surface area (Å²) in [6, 6.07) is 4.86. The Morgan fingerprint density at radius 1 is 1.47 bits per heavy atom. The molecule has 1 aliphatic rings. The summed E-state index contributed by atoms with van der Waals surface area (Å²) in [5.74, 6) is 3.66. The van der Waals surface area contributed by atoms with Crippen LogP contribution in [0.1, 0.15) is 43.5 Å². The summed E-state index contributed by atoms with van der Waals surface area (Å²) in [6.45, 7) is 3.39. The lowest BCUT2D eigenvalue weighted by molar-refractivity contribution is 0.606. The van der Waals surface area contributed by atoms with Crippen molar-refractivity contribution in [1.82, 2.24) is 5.32 Å². The molecule has 0 aromatic carbocycles. The molecule has 0 radical (unpaired) electrons. The van der Waals surface area contributed by atoms with Gasteiger partial charge in [0.05, 0.1) is 0 Å². The van der Waals surface area contributed by atoms with Crippen LogP contribution in [0.5, 0.6) is 0 Å². The van der Waals surface area contributed by atoms with Gasteiger partial charge in [0.15, 0.2) is 0 Å². The van der Waals surface area contributed by atoms with Crippen LogP contribution in [0, 0.1) is 5.92 Å². The molecule has 96 valence electrons. The van der Waals surface area contributed by atoms with Crippen LogP contribution in [-0.4, -0.2) is 18.1 Å². The molecule has 1 saturated carbocycles. The highest BCUT2D eigenvalue weighted by Gasteiger charge is 2.14. The summed E-state index contributed by atoms with van der Waals surface area (Å²) in [6.07, 6.45) is 5.90. The van der Waals surface area contributed by atoms with Crippen molar-refractivity contribution < 1.29 is 0 Å². The molecular formula is C14H23NS2. The summed E-state index contributed by atoms with van der Waals surface area (Å²) in [7, 11) is 0. The van der Waals surface area contributed by atoms with Crippen molar-refractivity contribution in [2.45, 2.75) is 38.6 Å². The van der Waals surface area contributed by atoms with Crippen molar-refractivity contribution in [3.05, 3.63) is 22.4 Å². The Labute approximate surface area is 113 Å². The van der Waals surface area contributed by atoms with Crippen LogP contribution in [0.25, 0.3) is 0 Å². The van der Waals surface area contributed by atoms with Crippen LogP contribution in [0.2, 0.25) is 0 Å². The van der Waals surface area contributed by atoms with Gasteiger partial charge in [-0.3, -0.25) is 0 Å². The Morgan fingerprint density at radius 3 is 3.00 bits per heavy atom. The lowest BCUT2D eigenvalue weighted by Crippen LogP contribution is -2.20. The van der Waals surface area contributed by atoms with Crippen LogP contribution in [0.15, 0.2) is 17.5 Å². The third-order valence-corrected chi connectivity index (χ3v) is 5.75. The van der Waals surface area contributed by atoms with Crippen LogP contribution in [0.4, 0.5) is 0 Å². The lowest BCUT2D eigenvalue weighted by atomic mass is 10.1. The van der Waals surface area contributed by atoms with Crippen molar-refractivity contribution in [1.29, 1.82) is 0 Å². The van der Waals surface area contributed by atoms with Crippen LogP contribution < -0.4 is 5.32 Å². The minimum Gasteiger partial charge on any atom is -0.309 e. The first-order valence-electron chi connectivity index (χ1n) is 6.71. The smallest absolute Gasteiger partial charge is 0.0386 e. The van der Waals surface area contributed by atoms with Crippen molar-refractivity contribution in [2.75, 3.05) is 18.1 Å². The van der Waals surface area contributed by atoms with E-state index in [-0.39, 0.29) is 0 Å². The molecule has 17 heavy (non-hydrogen) atoms. The molecular weight excluding hydrogens is 246 g/mol. The van der Waals surface area contributed by atoms with E-state index in [4.69, 9.17) is 0 Å². The highest BCUT2D eigenvalue weighted by atomic mass is 32.2. The SMILES string of the molecule is CC(NCCSCC1CCCC1)c1cccs1. The number of thioether (sulfide) groups is 1. The number of thiophene rings is 1. The van der Waals surface area contributed by atoms with Gasteiger partial charge >= 0.3 is 0 Å². The molecule has 0 amide bonds. The van der Waals surface area contributed by atoms with E-state index in [9.17, 15) is 0 Å². The van der Waals surface area contributed by atoms with Crippen molar-refractivity contribution in [2.24, 2.45) is 5.92 Å². The normalized spacial score (nSPS) is 18.6. The maximum Gasteiger partial charge on any atom is 0.0386 e. The molecule has 1 nitrogen and oxygen atoms in total. The van der Waals surface area contributed by atoms with E-state index in [1.807, 2.05) is 11.3 Å². The summed E-state index contributed by atoms with van der Waals surface area (Å²) < 4.78 is 0. The Bertz CT molecular complexity index is 291. The third kappa shape index (κ3) is 4.65. The molecule has 0 aliphatic heterocycles. The van der Waals surface area contributed by atoms with Crippen LogP contribution in [-0.2, 0) is 0 Å². The molecule has 1 aromatic rings. The van der Waals surface area contributed by atoms with E-state index in [0.717, 1.165) is 12.5 Å². The molecule has 0 spiro atoms. The fourth-order valence-corrected chi connectivity index (χ4v) is 4.27. The minimum atomic E-state index is 0.516. The number of nitrogens with one attached hydrogen (secondary N) is 1. The topological polar surface area (TPSA) is 12.0 Å². The fourth-order valence-electron chi connectivity index (χ4n) is 2.41. The van der Waals surface area contributed by atoms with Gasteiger partial charge < -0.3 is 5.32 Å². The number of hydrogen-bond donors (Lipinski definition) is 1. The number of rotatable bonds is 7. The van der Waals surface area contributed by atoms with Crippen molar-refractivity contribution in [3.8, 4) is 0 Å². The Hall–Kier alpha value is 0.01000. The average Bonchev–Trinajstić information content (AvgIpc) is 3.01. The number of hydrogen-bond acceptors (Lipinski definition) is 3. The van der Waals surface area contributed by atoms with E-state index < -0.39 is 0 Å². The predicted octanol–water partition coefficient (Wildman–Crippen LogP) is 4.32. The Kier molecular flexibility index (Phi) is 5.89. The molecule has 2 rings (SSSR count). The molecule has 1 aromatic heterocycles. The fraction of sp³-hybridized carbons (Fsp3) is 0.714. The first kappa shape index (κ1) is 13.4. The standard InChI is InChI=1S/C14H23NS2/c1-12(14-7-4-9-17-14)15-8-10-16-11-13-5-2-3-6-13/h4,7,9,12-13,15H,2-3,5-6,8,10-11H2,1H3. The highest BCUT2D eigenvalue weighted by molar-refractivity contribution is 7.99. The zero-order chi connectivity index (χ0) is 11.9. The van der Waals surface area contributed by atoms with Gasteiger partial charge in [0.1, 0.15) is 0 Å². The van der Waals surface area contributed by atoms with Gasteiger partial charge in [-0.1, -0.05) is 18.9 Å². The molecule has 1 heterocycles. The van der Waals surface area contributed by atoms with E-state index in [0.29, 0.717) is 6.04 Å². The summed E-state index contributed by atoms with van der Waals surface area (Å²) in [5, 5.41) is 5.76. The van der Waals surface area contributed by atoms with E-state index in [2.05, 4.69) is 41.5 Å². The molecule has 1 unspecified atom stereocenters. The second kappa shape index (κ2) is 7.45. The first-order valence-corrected chi connectivity index (χ1v) is 8.74. The Morgan fingerprint density at radius 2 is 2.29 bits per heavy atom. The van der Waals surface area contributed by atoms with Crippen molar-refractivity contribution in [3.63, 3.8) is 0 Å². The second-order valence-corrected chi connectivity index (χ2v) is 7.05. The van der Waals surface area contributed by atoms with Gasteiger partial charge in [0.2, 0.25) is 0 Å². The minimum absolute atomic E-state index is 0.516. The van der Waals surface area contributed by atoms with E-state index in [1.165, 1.54) is 42.1 Å². The van der Waals surface area contributed by atoms with Gasteiger partial charge in [-0.05, 0) is 42.9 Å². The molecule has 1 aliphatic carbocycles.